The molecule has 8 rings (SSSR count). The lowest BCUT2D eigenvalue weighted by molar-refractivity contribution is -0.134. The number of imide groups is 1. The lowest BCUT2D eigenvalue weighted by atomic mass is 9.91. The van der Waals surface area contributed by atoms with Crippen LogP contribution in [0.3, 0.4) is 0 Å². The number of amides is 4. The summed E-state index contributed by atoms with van der Waals surface area (Å²) in [6.07, 6.45) is 5.84. The van der Waals surface area contributed by atoms with Crippen molar-refractivity contribution in [1.82, 2.24) is 30.9 Å². The molecular formula is C43H44ClN9O6. The zero-order valence-corrected chi connectivity index (χ0v) is 33.2. The molecule has 0 radical (unpaired) electrons. The molecule has 1 saturated carbocycles. The minimum atomic E-state index is -0.564. The standard InChI is InChI=1S/C43H44ClN9O6/c44-34-24-31(9-4-27(34)25-45)58-30-10-6-28(7-11-30)47-43(57)35-14-16-37(50-49-35)53-21-19-52(20-22-53)18-2-1-3-38(54)46-29-8-12-32-26(23-29)5-15-36-40(32)41(51-59-36)33-13-17-39(55)48-42(33)56/h4-5,8-9,12,14-16,23-24,28,30,33H,1-3,6-7,10-11,13,17-22H2,(H,46,54)(H,47,57)(H,48,55,56)/t28-,30-,33?. The van der Waals surface area contributed by atoms with Crippen LogP contribution in [0.25, 0.3) is 21.7 Å². The molecule has 0 bridgehead atoms. The Bertz CT molecular complexity index is 2420. The number of rotatable bonds is 12. The summed E-state index contributed by atoms with van der Waals surface area (Å²) in [6, 6.07) is 20.1. The zero-order valence-electron chi connectivity index (χ0n) is 32.4. The van der Waals surface area contributed by atoms with Gasteiger partial charge in [0.15, 0.2) is 17.1 Å². The Kier molecular flexibility index (Phi) is 12.0. The molecule has 3 aliphatic rings. The van der Waals surface area contributed by atoms with Gasteiger partial charge in [0.05, 0.1) is 28.0 Å². The van der Waals surface area contributed by atoms with Gasteiger partial charge in [-0.2, -0.15) is 5.26 Å². The van der Waals surface area contributed by atoms with Crippen LogP contribution in [0.5, 0.6) is 5.75 Å². The average Bonchev–Trinajstić information content (AvgIpc) is 3.68. The molecule has 1 atom stereocenters. The monoisotopic (exact) mass is 817 g/mol. The SMILES string of the molecule is N#Cc1ccc(O[C@H]2CC[C@H](NC(=O)c3ccc(N4CCN(CCCCC(=O)Nc5ccc6c(ccc7onc(C8CCC(=O)NC8=O)c76)c5)CC4)nn3)CC2)cc1Cl. The second kappa shape index (κ2) is 17.8. The molecule has 1 unspecified atom stereocenters. The van der Waals surface area contributed by atoms with Crippen LogP contribution >= 0.6 is 11.6 Å². The fourth-order valence-electron chi connectivity index (χ4n) is 8.16. The summed E-state index contributed by atoms with van der Waals surface area (Å²) in [6.45, 7) is 4.20. The van der Waals surface area contributed by atoms with Gasteiger partial charge in [0, 0.05) is 56.8 Å². The van der Waals surface area contributed by atoms with Gasteiger partial charge < -0.3 is 24.8 Å². The molecule has 15 nitrogen and oxygen atoms in total. The molecule has 0 spiro atoms. The Morgan fingerprint density at radius 2 is 1.78 bits per heavy atom. The van der Waals surface area contributed by atoms with E-state index < -0.39 is 5.92 Å². The van der Waals surface area contributed by atoms with Crippen LogP contribution in [0.15, 0.2) is 65.2 Å². The quantitative estimate of drug-likeness (QED) is 0.100. The summed E-state index contributed by atoms with van der Waals surface area (Å²) in [5.41, 5.74) is 2.47. The maximum Gasteiger partial charge on any atom is 0.272 e. The Balaban J connectivity index is 0.733. The van der Waals surface area contributed by atoms with E-state index in [-0.39, 0.29) is 47.9 Å². The largest absolute Gasteiger partial charge is 0.490 e. The third-order valence-electron chi connectivity index (χ3n) is 11.4. The highest BCUT2D eigenvalue weighted by Gasteiger charge is 2.32. The third-order valence-corrected chi connectivity index (χ3v) is 11.7. The highest BCUT2D eigenvalue weighted by atomic mass is 35.5. The number of nitrogens with zero attached hydrogens (tertiary/aromatic N) is 6. The van der Waals surface area contributed by atoms with Crippen molar-refractivity contribution in [3.63, 3.8) is 0 Å². The van der Waals surface area contributed by atoms with Crippen LogP contribution in [0.2, 0.25) is 5.02 Å². The number of hydrogen-bond donors (Lipinski definition) is 3. The summed E-state index contributed by atoms with van der Waals surface area (Å²) < 4.78 is 11.6. The predicted molar refractivity (Wildman–Crippen MR) is 220 cm³/mol. The number of ether oxygens (including phenoxy) is 1. The van der Waals surface area contributed by atoms with E-state index in [0.29, 0.717) is 46.1 Å². The molecule has 1 aliphatic carbocycles. The van der Waals surface area contributed by atoms with Crippen molar-refractivity contribution >= 4 is 68.5 Å². The molecule has 2 aromatic heterocycles. The first kappa shape index (κ1) is 39.7. The number of anilines is 2. The molecule has 304 valence electrons. The van der Waals surface area contributed by atoms with E-state index in [1.165, 1.54) is 0 Å². The summed E-state index contributed by atoms with van der Waals surface area (Å²) in [7, 11) is 0. The topological polar surface area (TPSA) is 196 Å². The molecule has 5 aromatic rings. The highest BCUT2D eigenvalue weighted by molar-refractivity contribution is 6.31. The van der Waals surface area contributed by atoms with Crippen LogP contribution in [0.4, 0.5) is 11.5 Å². The van der Waals surface area contributed by atoms with Gasteiger partial charge in [0.2, 0.25) is 17.7 Å². The van der Waals surface area contributed by atoms with Crippen LogP contribution in [0.1, 0.15) is 85.5 Å². The molecule has 3 aromatic carbocycles. The lowest BCUT2D eigenvalue weighted by Gasteiger charge is -2.35. The zero-order chi connectivity index (χ0) is 40.9. The minimum absolute atomic E-state index is 0.0169. The summed E-state index contributed by atoms with van der Waals surface area (Å²) >= 11 is 6.14. The number of unbranched alkanes of at least 4 members (excludes halogenated alkanes) is 1. The number of aromatic nitrogens is 3. The molecule has 3 N–H and O–H groups in total. The van der Waals surface area contributed by atoms with Gasteiger partial charge in [-0.05, 0) is 105 Å². The fourth-order valence-corrected chi connectivity index (χ4v) is 8.37. The Morgan fingerprint density at radius 1 is 0.949 bits per heavy atom. The number of piperidine rings is 1. The van der Waals surface area contributed by atoms with Crippen LogP contribution in [0, 0.1) is 11.3 Å². The van der Waals surface area contributed by atoms with E-state index in [1.807, 2.05) is 36.4 Å². The van der Waals surface area contributed by atoms with E-state index >= 15 is 0 Å². The van der Waals surface area contributed by atoms with Crippen molar-refractivity contribution in [2.45, 2.75) is 75.9 Å². The van der Waals surface area contributed by atoms with Gasteiger partial charge >= 0.3 is 0 Å². The summed E-state index contributed by atoms with van der Waals surface area (Å²) in [4.78, 5) is 54.6. The van der Waals surface area contributed by atoms with Crippen molar-refractivity contribution < 1.29 is 28.4 Å². The highest BCUT2D eigenvalue weighted by Crippen LogP contribution is 2.36. The Morgan fingerprint density at radius 3 is 2.53 bits per heavy atom. The molecule has 4 amide bonds. The number of benzene rings is 3. The minimum Gasteiger partial charge on any atom is -0.490 e. The molecule has 2 aliphatic heterocycles. The van der Waals surface area contributed by atoms with Crippen LogP contribution < -0.4 is 25.6 Å². The van der Waals surface area contributed by atoms with Gasteiger partial charge in [0.25, 0.3) is 5.91 Å². The van der Waals surface area contributed by atoms with Gasteiger partial charge in [0.1, 0.15) is 17.5 Å². The van der Waals surface area contributed by atoms with Crippen molar-refractivity contribution in [2.75, 3.05) is 42.9 Å². The summed E-state index contributed by atoms with van der Waals surface area (Å²) in [5, 5.41) is 33.3. The number of carbonyl (C=O) groups is 4. The van der Waals surface area contributed by atoms with Crippen molar-refractivity contribution in [3.05, 3.63) is 82.6 Å². The Labute approximate surface area is 345 Å². The van der Waals surface area contributed by atoms with E-state index in [0.717, 1.165) is 93.2 Å². The molecule has 16 heteroatoms. The first-order chi connectivity index (χ1) is 28.7. The molecule has 2 saturated heterocycles. The molecule has 59 heavy (non-hydrogen) atoms. The average molecular weight is 818 g/mol. The maximum atomic E-state index is 13.0. The van der Waals surface area contributed by atoms with Gasteiger partial charge in [-0.25, -0.2) is 0 Å². The van der Waals surface area contributed by atoms with Gasteiger partial charge in [-0.15, -0.1) is 10.2 Å². The van der Waals surface area contributed by atoms with E-state index in [2.05, 4.69) is 41.1 Å². The van der Waals surface area contributed by atoms with Crippen LogP contribution in [-0.4, -0.2) is 88.8 Å². The van der Waals surface area contributed by atoms with Crippen molar-refractivity contribution in [2.24, 2.45) is 0 Å². The number of carbonyl (C=O) groups excluding carboxylic acids is 4. The van der Waals surface area contributed by atoms with Gasteiger partial charge in [-0.1, -0.05) is 28.9 Å². The number of piperazine rings is 1. The number of hydrogen-bond acceptors (Lipinski definition) is 12. The number of fused-ring (bicyclic) bond motifs is 3. The first-order valence-electron chi connectivity index (χ1n) is 20.1. The van der Waals surface area contributed by atoms with E-state index in [4.69, 9.17) is 26.1 Å². The smallest absolute Gasteiger partial charge is 0.272 e. The molecule has 3 fully saturated rings. The number of nitriles is 1. The van der Waals surface area contributed by atoms with E-state index in [1.54, 1.807) is 30.3 Å². The van der Waals surface area contributed by atoms with Gasteiger partial charge in [-0.3, -0.25) is 29.4 Å². The summed E-state index contributed by atoms with van der Waals surface area (Å²) in [5.74, 6) is -0.122. The van der Waals surface area contributed by atoms with Crippen molar-refractivity contribution in [3.8, 4) is 11.8 Å². The number of nitrogens with one attached hydrogen (secondary N) is 3. The Hall–Kier alpha value is -6.11. The second-order valence-corrected chi connectivity index (χ2v) is 15.8. The molecular weight excluding hydrogens is 774 g/mol. The maximum absolute atomic E-state index is 13.0. The fraction of sp³-hybridized carbons (Fsp3) is 0.395. The predicted octanol–water partition coefficient (Wildman–Crippen LogP) is 5.87. The molecule has 4 heterocycles. The lowest BCUT2D eigenvalue weighted by Crippen LogP contribution is -2.47. The van der Waals surface area contributed by atoms with Crippen LogP contribution in [-0.2, 0) is 14.4 Å². The normalized spacial score (nSPS) is 19.9. The van der Waals surface area contributed by atoms with Crippen molar-refractivity contribution in [1.29, 1.82) is 5.26 Å². The second-order valence-electron chi connectivity index (χ2n) is 15.4. The number of halogens is 1. The first-order valence-corrected chi connectivity index (χ1v) is 20.5. The third kappa shape index (κ3) is 9.29. The van der Waals surface area contributed by atoms with E-state index in [9.17, 15) is 19.2 Å².